The van der Waals surface area contributed by atoms with Gasteiger partial charge < -0.3 is 0 Å². The zero-order chi connectivity index (χ0) is 6.62. The van der Waals surface area contributed by atoms with Gasteiger partial charge in [0.15, 0.2) is 0 Å². The maximum atomic E-state index is 4.17. The van der Waals surface area contributed by atoms with Gasteiger partial charge in [0.1, 0.15) is 2.99 Å². The normalized spacial score (nSPS) is 12.0. The fraction of sp³-hybridized carbons (Fsp3) is 1.00. The Morgan fingerprint density at radius 2 is 2.00 bits per heavy atom. The van der Waals surface area contributed by atoms with Crippen molar-refractivity contribution in [2.24, 2.45) is 0 Å². The Labute approximate surface area is 70.4 Å². The molecule has 0 rings (SSSR count). The van der Waals surface area contributed by atoms with E-state index >= 15 is 0 Å². The van der Waals surface area contributed by atoms with E-state index in [0.717, 1.165) is 6.42 Å². The molecule has 0 heterocycles. The van der Waals surface area contributed by atoms with Gasteiger partial charge in [0.2, 0.25) is 0 Å². The van der Waals surface area contributed by atoms with Gasteiger partial charge in [-0.1, -0.05) is 35.7 Å². The van der Waals surface area contributed by atoms with Crippen molar-refractivity contribution in [2.45, 2.75) is 29.2 Å². The molecule has 0 aliphatic carbocycles. The number of unbranched alkanes of at least 4 members (excludes halogenated alkanes) is 1. The van der Waals surface area contributed by atoms with Gasteiger partial charge in [0, 0.05) is 0 Å². The van der Waals surface area contributed by atoms with E-state index in [4.69, 9.17) is 0 Å². The molecule has 0 spiro atoms. The van der Waals surface area contributed by atoms with E-state index in [1.165, 1.54) is 12.8 Å². The van der Waals surface area contributed by atoms with Crippen molar-refractivity contribution in [1.82, 2.24) is 0 Å². The Bertz CT molecular complexity index is 57.9. The second-order valence-electron chi connectivity index (χ2n) is 1.82. The van der Waals surface area contributed by atoms with Gasteiger partial charge in [-0.2, -0.15) is 25.3 Å². The average Bonchev–Trinajstić information content (AvgIpc) is 1.59. The number of hydrogen-bond donors (Lipinski definition) is 2. The summed E-state index contributed by atoms with van der Waals surface area (Å²) >= 11 is 11.6. The monoisotopic (exact) mass is 214 g/mol. The van der Waals surface area contributed by atoms with Crippen molar-refractivity contribution in [2.75, 3.05) is 0 Å². The third kappa shape index (κ3) is 7.18. The molecule has 0 aromatic carbocycles. The molecule has 3 heteroatoms. The molecular formula is C5H11BrS2. The maximum Gasteiger partial charge on any atom is 0.110 e. The van der Waals surface area contributed by atoms with E-state index in [1.807, 2.05) is 0 Å². The van der Waals surface area contributed by atoms with Crippen molar-refractivity contribution in [3.63, 3.8) is 0 Å². The molecule has 0 amide bonds. The maximum absolute atomic E-state index is 4.17. The van der Waals surface area contributed by atoms with Gasteiger partial charge >= 0.3 is 0 Å². The summed E-state index contributed by atoms with van der Waals surface area (Å²) in [4.78, 5) is 0. The Morgan fingerprint density at radius 3 is 2.12 bits per heavy atom. The van der Waals surface area contributed by atoms with Crippen LogP contribution in [0.1, 0.15) is 26.2 Å². The number of halogens is 1. The molecule has 0 bridgehead atoms. The summed E-state index contributed by atoms with van der Waals surface area (Å²) in [6.45, 7) is 2.15. The van der Waals surface area contributed by atoms with E-state index in [1.54, 1.807) is 0 Å². The number of hydrogen-bond acceptors (Lipinski definition) is 2. The van der Waals surface area contributed by atoms with Crippen LogP contribution in [0.25, 0.3) is 0 Å². The van der Waals surface area contributed by atoms with Crippen LogP contribution in [0.2, 0.25) is 0 Å². The van der Waals surface area contributed by atoms with Crippen molar-refractivity contribution >= 4 is 41.2 Å². The number of thiol groups is 2. The zero-order valence-corrected chi connectivity index (χ0v) is 8.27. The van der Waals surface area contributed by atoms with Gasteiger partial charge in [-0.05, 0) is 6.42 Å². The highest BCUT2D eigenvalue weighted by atomic mass is 79.9. The Hall–Kier alpha value is 1.18. The summed E-state index contributed by atoms with van der Waals surface area (Å²) in [5.41, 5.74) is 0. The molecule has 50 valence electrons. The third-order valence-electron chi connectivity index (χ3n) is 0.848. The van der Waals surface area contributed by atoms with Crippen LogP contribution in [0.15, 0.2) is 0 Å². The summed E-state index contributed by atoms with van der Waals surface area (Å²) in [7, 11) is 0. The van der Waals surface area contributed by atoms with Crippen molar-refractivity contribution in [3.05, 3.63) is 0 Å². The van der Waals surface area contributed by atoms with Gasteiger partial charge in [-0.15, -0.1) is 0 Å². The van der Waals surface area contributed by atoms with E-state index in [9.17, 15) is 0 Å². The molecule has 0 radical (unpaired) electrons. The molecule has 0 saturated heterocycles. The molecule has 0 aliphatic heterocycles. The van der Waals surface area contributed by atoms with Crippen molar-refractivity contribution < 1.29 is 0 Å². The van der Waals surface area contributed by atoms with Crippen molar-refractivity contribution in [3.8, 4) is 0 Å². The van der Waals surface area contributed by atoms with Crippen LogP contribution in [0.3, 0.4) is 0 Å². The minimum Gasteiger partial charge on any atom is -0.151 e. The number of rotatable bonds is 3. The summed E-state index contributed by atoms with van der Waals surface area (Å²) in [6, 6.07) is 0. The highest BCUT2D eigenvalue weighted by Crippen LogP contribution is 2.32. The first-order valence-corrected chi connectivity index (χ1v) is 4.38. The fourth-order valence-corrected chi connectivity index (χ4v) is 0.998. The van der Waals surface area contributed by atoms with Crippen LogP contribution in [0.4, 0.5) is 0 Å². The molecule has 0 nitrogen and oxygen atoms in total. The smallest absolute Gasteiger partial charge is 0.110 e. The third-order valence-corrected chi connectivity index (χ3v) is 1.69. The SMILES string of the molecule is CCCCC(S)(S)Br. The van der Waals surface area contributed by atoms with Crippen LogP contribution in [-0.2, 0) is 0 Å². The topological polar surface area (TPSA) is 0 Å². The quantitative estimate of drug-likeness (QED) is 0.403. The fourth-order valence-electron chi connectivity index (χ4n) is 0.402. The zero-order valence-electron chi connectivity index (χ0n) is 4.89. The first-order chi connectivity index (χ1) is 3.56. The van der Waals surface area contributed by atoms with Crippen molar-refractivity contribution in [1.29, 1.82) is 0 Å². The molecule has 0 aliphatic rings. The first kappa shape index (κ1) is 9.18. The van der Waals surface area contributed by atoms with E-state index in [0.29, 0.717) is 0 Å². The van der Waals surface area contributed by atoms with Gasteiger partial charge in [-0.3, -0.25) is 0 Å². The molecule has 0 unspecified atom stereocenters. The summed E-state index contributed by atoms with van der Waals surface area (Å²) in [6.07, 6.45) is 3.39. The lowest BCUT2D eigenvalue weighted by Gasteiger charge is -2.11. The molecule has 0 aromatic heterocycles. The van der Waals surface area contributed by atoms with Crippen LogP contribution < -0.4 is 0 Å². The minimum atomic E-state index is -0.247. The van der Waals surface area contributed by atoms with E-state index < -0.39 is 0 Å². The van der Waals surface area contributed by atoms with Crippen LogP contribution >= 0.6 is 41.2 Å². The predicted molar refractivity (Wildman–Crippen MR) is 49.2 cm³/mol. The predicted octanol–water partition coefficient (Wildman–Crippen LogP) is 3.08. The number of alkyl halides is 1. The molecular weight excluding hydrogens is 204 g/mol. The highest BCUT2D eigenvalue weighted by Gasteiger charge is 2.12. The summed E-state index contributed by atoms with van der Waals surface area (Å²) in [5.74, 6) is 0. The van der Waals surface area contributed by atoms with Gasteiger partial charge in [-0.25, -0.2) is 0 Å². The average molecular weight is 215 g/mol. The summed E-state index contributed by atoms with van der Waals surface area (Å²) in [5, 5.41) is 0. The van der Waals surface area contributed by atoms with Gasteiger partial charge in [0.05, 0.1) is 0 Å². The van der Waals surface area contributed by atoms with Gasteiger partial charge in [0.25, 0.3) is 0 Å². The Balaban J connectivity index is 3.11. The molecule has 0 N–H and O–H groups in total. The van der Waals surface area contributed by atoms with E-state index in [2.05, 4.69) is 48.1 Å². The van der Waals surface area contributed by atoms with Crippen LogP contribution in [0, 0.1) is 0 Å². The molecule has 0 saturated carbocycles. The second-order valence-corrected chi connectivity index (χ2v) is 6.28. The summed E-state index contributed by atoms with van der Waals surface area (Å²) < 4.78 is -0.247. The second kappa shape index (κ2) is 4.07. The van der Waals surface area contributed by atoms with Crippen LogP contribution in [-0.4, -0.2) is 2.99 Å². The lowest BCUT2D eigenvalue weighted by atomic mass is 10.3. The largest absolute Gasteiger partial charge is 0.151 e. The Kier molecular flexibility index (Phi) is 4.67. The lowest BCUT2D eigenvalue weighted by Crippen LogP contribution is -1.99. The molecule has 8 heavy (non-hydrogen) atoms. The standard InChI is InChI=1S/C5H11BrS2/c1-2-3-4-5(6,7)8/h7-8H,2-4H2,1H3. The highest BCUT2D eigenvalue weighted by molar-refractivity contribution is 9.13. The van der Waals surface area contributed by atoms with Crippen LogP contribution in [0.5, 0.6) is 0 Å². The van der Waals surface area contributed by atoms with E-state index in [-0.39, 0.29) is 2.99 Å². The first-order valence-electron chi connectivity index (χ1n) is 2.70. The lowest BCUT2D eigenvalue weighted by molar-refractivity contribution is 0.754. The molecule has 0 aromatic rings. The Morgan fingerprint density at radius 1 is 1.50 bits per heavy atom. The molecule has 0 atom stereocenters. The minimum absolute atomic E-state index is 0.247. The molecule has 0 fully saturated rings.